The first-order chi connectivity index (χ1) is 12.1. The molecule has 1 aromatic rings. The highest BCUT2D eigenvalue weighted by Crippen LogP contribution is 2.02. The summed E-state index contributed by atoms with van der Waals surface area (Å²) >= 11 is 0. The normalized spacial score (nSPS) is 17.5. The molecule has 0 aliphatic carbocycles. The summed E-state index contributed by atoms with van der Waals surface area (Å²) in [6, 6.07) is 0. The van der Waals surface area contributed by atoms with Gasteiger partial charge in [-0.1, -0.05) is 19.1 Å². The molecule has 1 aliphatic rings. The number of anilines is 1. The maximum absolute atomic E-state index is 4.86. The van der Waals surface area contributed by atoms with E-state index >= 15 is 0 Å². The second-order valence-corrected chi connectivity index (χ2v) is 6.80. The summed E-state index contributed by atoms with van der Waals surface area (Å²) in [5.41, 5.74) is 0. The average molecular weight is 347 g/mol. The molecule has 0 saturated carbocycles. The van der Waals surface area contributed by atoms with Gasteiger partial charge in [-0.15, -0.1) is 0 Å². The van der Waals surface area contributed by atoms with E-state index < -0.39 is 0 Å². The Hall–Kier alpha value is -1.50. The third-order valence-corrected chi connectivity index (χ3v) is 4.35. The van der Waals surface area contributed by atoms with Crippen molar-refractivity contribution in [2.45, 2.75) is 33.2 Å². The second-order valence-electron chi connectivity index (χ2n) is 6.80. The van der Waals surface area contributed by atoms with Gasteiger partial charge in [0.15, 0.2) is 0 Å². The SMILES string of the molecule is C/C=c1/nc(CN2CCNCC2)nc(NCCCN(C)C)/c1=C/CC. The molecule has 0 atom stereocenters. The van der Waals surface area contributed by atoms with Gasteiger partial charge in [0.05, 0.1) is 11.9 Å². The molecule has 2 rings (SSSR count). The smallest absolute Gasteiger partial charge is 0.145 e. The number of aromatic nitrogens is 2. The Morgan fingerprint density at radius 2 is 2.00 bits per heavy atom. The van der Waals surface area contributed by atoms with E-state index in [0.717, 1.165) is 80.9 Å². The first-order valence-corrected chi connectivity index (χ1v) is 9.49. The Bertz CT molecular complexity index is 634. The van der Waals surface area contributed by atoms with Gasteiger partial charge in [-0.3, -0.25) is 4.90 Å². The van der Waals surface area contributed by atoms with Crippen LogP contribution in [0.25, 0.3) is 12.2 Å². The molecule has 0 radical (unpaired) electrons. The number of piperazine rings is 1. The average Bonchev–Trinajstić information content (AvgIpc) is 2.61. The van der Waals surface area contributed by atoms with Gasteiger partial charge in [0.2, 0.25) is 0 Å². The lowest BCUT2D eigenvalue weighted by atomic mass is 10.2. The summed E-state index contributed by atoms with van der Waals surface area (Å²) in [7, 11) is 4.22. The zero-order valence-electron chi connectivity index (χ0n) is 16.3. The van der Waals surface area contributed by atoms with Crippen molar-refractivity contribution in [2.75, 3.05) is 58.7 Å². The number of nitrogens with zero attached hydrogens (tertiary/aromatic N) is 4. The Morgan fingerprint density at radius 3 is 2.64 bits per heavy atom. The van der Waals surface area contributed by atoms with Crippen LogP contribution >= 0.6 is 0 Å². The Kier molecular flexibility index (Phi) is 8.31. The summed E-state index contributed by atoms with van der Waals surface area (Å²) in [6.45, 7) is 11.2. The minimum absolute atomic E-state index is 0.821. The molecule has 140 valence electrons. The molecule has 1 fully saturated rings. The molecule has 2 heterocycles. The Balaban J connectivity index is 2.20. The number of hydrogen-bond acceptors (Lipinski definition) is 6. The molecule has 0 bridgehead atoms. The summed E-state index contributed by atoms with van der Waals surface area (Å²) in [4.78, 5) is 14.3. The van der Waals surface area contributed by atoms with Crippen molar-refractivity contribution in [3.63, 3.8) is 0 Å². The van der Waals surface area contributed by atoms with Gasteiger partial charge in [-0.25, -0.2) is 9.97 Å². The molecule has 2 N–H and O–H groups in total. The molecule has 0 aromatic carbocycles. The highest BCUT2D eigenvalue weighted by molar-refractivity contribution is 5.44. The Labute approximate surface area is 152 Å². The van der Waals surface area contributed by atoms with Gasteiger partial charge >= 0.3 is 0 Å². The fraction of sp³-hybridized carbons (Fsp3) is 0.684. The minimum atomic E-state index is 0.821. The molecule has 0 unspecified atom stereocenters. The quantitative estimate of drug-likeness (QED) is 0.658. The zero-order valence-corrected chi connectivity index (χ0v) is 16.3. The first-order valence-electron chi connectivity index (χ1n) is 9.49. The minimum Gasteiger partial charge on any atom is -0.369 e. The van der Waals surface area contributed by atoms with Gasteiger partial charge in [-0.05, 0) is 40.4 Å². The Morgan fingerprint density at radius 1 is 1.24 bits per heavy atom. The van der Waals surface area contributed by atoms with Crippen molar-refractivity contribution in [1.29, 1.82) is 0 Å². The van der Waals surface area contributed by atoms with E-state index in [0.29, 0.717) is 0 Å². The molecule has 0 spiro atoms. The van der Waals surface area contributed by atoms with Crippen LogP contribution in [0.5, 0.6) is 0 Å². The fourth-order valence-corrected chi connectivity index (χ4v) is 3.04. The highest BCUT2D eigenvalue weighted by atomic mass is 15.2. The largest absolute Gasteiger partial charge is 0.369 e. The van der Waals surface area contributed by atoms with Crippen molar-refractivity contribution < 1.29 is 0 Å². The topological polar surface area (TPSA) is 56.3 Å². The summed E-state index contributed by atoms with van der Waals surface area (Å²) in [5, 5.41) is 9.12. The van der Waals surface area contributed by atoms with E-state index in [1.54, 1.807) is 0 Å². The standard InChI is InChI=1S/C19H34N6/c1-5-8-16-17(6-2)22-18(15-25-13-10-20-11-14-25)23-19(16)21-9-7-12-24(3)4/h6,8,20H,5,7,9-15H2,1-4H3,(H,21,22,23)/b16-8+,17-6+. The number of nitrogens with one attached hydrogen (secondary N) is 2. The van der Waals surface area contributed by atoms with Crippen molar-refractivity contribution in [2.24, 2.45) is 0 Å². The maximum Gasteiger partial charge on any atom is 0.145 e. The molecule has 0 amide bonds. The first kappa shape index (κ1) is 19.8. The van der Waals surface area contributed by atoms with Crippen molar-refractivity contribution in [3.8, 4) is 0 Å². The monoisotopic (exact) mass is 346 g/mol. The lowest BCUT2D eigenvalue weighted by Crippen LogP contribution is -2.44. The van der Waals surface area contributed by atoms with Gasteiger partial charge in [0.25, 0.3) is 0 Å². The lowest BCUT2D eigenvalue weighted by Gasteiger charge is -2.26. The third-order valence-electron chi connectivity index (χ3n) is 4.35. The molecule has 6 heteroatoms. The van der Waals surface area contributed by atoms with E-state index in [1.165, 1.54) is 0 Å². The van der Waals surface area contributed by atoms with Crippen LogP contribution < -0.4 is 21.2 Å². The summed E-state index contributed by atoms with van der Waals surface area (Å²) in [5.74, 6) is 1.90. The maximum atomic E-state index is 4.86. The molecular weight excluding hydrogens is 312 g/mol. The molecule has 1 aliphatic heterocycles. The second kappa shape index (κ2) is 10.5. The van der Waals surface area contributed by atoms with Gasteiger partial charge < -0.3 is 15.5 Å². The number of rotatable bonds is 8. The third kappa shape index (κ3) is 6.38. The van der Waals surface area contributed by atoms with E-state index in [1.807, 2.05) is 0 Å². The molecule has 1 aromatic heterocycles. The van der Waals surface area contributed by atoms with E-state index in [9.17, 15) is 0 Å². The van der Waals surface area contributed by atoms with Crippen LogP contribution in [0.15, 0.2) is 0 Å². The van der Waals surface area contributed by atoms with E-state index in [-0.39, 0.29) is 0 Å². The van der Waals surface area contributed by atoms with Crippen molar-refractivity contribution >= 4 is 18.0 Å². The van der Waals surface area contributed by atoms with Gasteiger partial charge in [-0.2, -0.15) is 0 Å². The lowest BCUT2D eigenvalue weighted by molar-refractivity contribution is 0.228. The van der Waals surface area contributed by atoms with E-state index in [4.69, 9.17) is 9.97 Å². The predicted molar refractivity (Wildman–Crippen MR) is 106 cm³/mol. The van der Waals surface area contributed by atoms with Gasteiger partial charge in [0.1, 0.15) is 11.6 Å². The van der Waals surface area contributed by atoms with Gasteiger partial charge in [0, 0.05) is 37.9 Å². The van der Waals surface area contributed by atoms with Crippen LogP contribution in [0.3, 0.4) is 0 Å². The molecular formula is C19H34N6. The highest BCUT2D eigenvalue weighted by Gasteiger charge is 2.12. The van der Waals surface area contributed by atoms with Crippen LogP contribution in [0.2, 0.25) is 0 Å². The van der Waals surface area contributed by atoms with Crippen LogP contribution in [0.4, 0.5) is 5.82 Å². The summed E-state index contributed by atoms with van der Waals surface area (Å²) in [6.07, 6.45) is 6.39. The molecule has 25 heavy (non-hydrogen) atoms. The predicted octanol–water partition coefficient (Wildman–Crippen LogP) is 0.236. The fourth-order valence-electron chi connectivity index (χ4n) is 3.04. The van der Waals surface area contributed by atoms with Crippen LogP contribution in [0, 0.1) is 0 Å². The van der Waals surface area contributed by atoms with Crippen molar-refractivity contribution in [1.82, 2.24) is 25.1 Å². The van der Waals surface area contributed by atoms with Crippen LogP contribution in [0.1, 0.15) is 32.5 Å². The summed E-state index contributed by atoms with van der Waals surface area (Å²) < 4.78 is 0. The van der Waals surface area contributed by atoms with E-state index in [2.05, 4.69) is 60.5 Å². The van der Waals surface area contributed by atoms with Crippen molar-refractivity contribution in [3.05, 3.63) is 16.4 Å². The zero-order chi connectivity index (χ0) is 18.1. The molecule has 6 nitrogen and oxygen atoms in total. The van der Waals surface area contributed by atoms with Crippen LogP contribution in [-0.2, 0) is 6.54 Å². The number of hydrogen-bond donors (Lipinski definition) is 2. The molecule has 1 saturated heterocycles. The van der Waals surface area contributed by atoms with Crippen LogP contribution in [-0.4, -0.2) is 73.1 Å².